The largest absolute Gasteiger partial charge is 0.452 e. The molecule has 3 rings (SSSR count). The van der Waals surface area contributed by atoms with Crippen molar-refractivity contribution in [3.05, 3.63) is 51.8 Å². The van der Waals surface area contributed by atoms with Crippen molar-refractivity contribution in [3.63, 3.8) is 0 Å². The third-order valence-electron chi connectivity index (χ3n) is 5.30. The monoisotopic (exact) mass is 442 g/mol. The second-order valence-corrected chi connectivity index (χ2v) is 7.19. The minimum absolute atomic E-state index is 0.130. The van der Waals surface area contributed by atoms with E-state index in [2.05, 4.69) is 25.6 Å². The van der Waals surface area contributed by atoms with Crippen molar-refractivity contribution < 1.29 is 28.8 Å². The van der Waals surface area contributed by atoms with E-state index in [1.54, 1.807) is 6.92 Å². The van der Waals surface area contributed by atoms with Crippen molar-refractivity contribution in [3.8, 4) is 0 Å². The predicted molar refractivity (Wildman–Crippen MR) is 104 cm³/mol. The number of carbonyl (C=O) groups excluding carboxylic acids is 3. The molecule has 1 aliphatic rings. The zero-order valence-electron chi connectivity index (χ0n) is 17.0. The van der Waals surface area contributed by atoms with Gasteiger partial charge in [-0.05, 0) is 35.0 Å². The average molecular weight is 442 g/mol. The van der Waals surface area contributed by atoms with Crippen LogP contribution in [-0.4, -0.2) is 59.3 Å². The zero-order chi connectivity index (χ0) is 23.4. The molecule has 0 saturated carbocycles. The minimum Gasteiger partial charge on any atom is -0.452 e. The molecule has 1 N–H and O–H groups in total. The van der Waals surface area contributed by atoms with Crippen LogP contribution >= 0.6 is 0 Å². The Bertz CT molecular complexity index is 1090. The molecule has 1 saturated heterocycles. The molecule has 166 valence electrons. The van der Waals surface area contributed by atoms with E-state index in [9.17, 15) is 30.0 Å². The molecule has 1 unspecified atom stereocenters. The van der Waals surface area contributed by atoms with Crippen LogP contribution in [0.2, 0.25) is 0 Å². The normalized spacial score (nSPS) is 19.0. The molecular formula is C18H18N8O6. The Hall–Kier alpha value is -4.32. The highest BCUT2D eigenvalue weighted by atomic mass is 16.6. The van der Waals surface area contributed by atoms with Crippen LogP contribution in [0, 0.1) is 22.0 Å². The van der Waals surface area contributed by atoms with Gasteiger partial charge >= 0.3 is 11.7 Å². The van der Waals surface area contributed by atoms with Crippen LogP contribution in [0.3, 0.4) is 0 Å². The van der Waals surface area contributed by atoms with Gasteiger partial charge in [0.05, 0.1) is 22.9 Å². The van der Waals surface area contributed by atoms with Gasteiger partial charge in [0.15, 0.2) is 0 Å². The number of hydrogen-bond donors (Lipinski definition) is 1. The molecule has 14 heteroatoms. The maximum absolute atomic E-state index is 12.8. The number of non-ortho nitro benzene ring substituents is 1. The number of Topliss-reactive ketones (excluding diaryl/α,β-unsaturated/α-hetero) is 1. The van der Waals surface area contributed by atoms with Gasteiger partial charge in [-0.15, -0.1) is 5.10 Å². The fraction of sp³-hybridized carbons (Fsp3) is 0.389. The van der Waals surface area contributed by atoms with E-state index in [4.69, 9.17) is 4.74 Å². The van der Waals surface area contributed by atoms with Crippen molar-refractivity contribution in [1.29, 1.82) is 0 Å². The zero-order valence-corrected chi connectivity index (χ0v) is 17.0. The maximum Gasteiger partial charge on any atom is 0.441 e. The first-order valence-corrected chi connectivity index (χ1v) is 9.44. The molecule has 14 nitrogen and oxygen atoms in total. The van der Waals surface area contributed by atoms with E-state index < -0.39 is 46.3 Å². The third kappa shape index (κ3) is 4.39. The molecule has 0 spiro atoms. The van der Waals surface area contributed by atoms with E-state index in [0.717, 1.165) is 0 Å². The Morgan fingerprint density at radius 2 is 2.03 bits per heavy atom. The second-order valence-electron chi connectivity index (χ2n) is 7.19. The van der Waals surface area contributed by atoms with Crippen molar-refractivity contribution in [2.75, 3.05) is 0 Å². The number of carbonyl (C=O) groups is 3. The lowest BCUT2D eigenvalue weighted by atomic mass is 9.75. The SMILES string of the molecule is CC(C(=O)C(=[N+]=[N-])C(=O)OCc1ccc([N+](=O)[O-])cc1)[C@H]1NC(=O)[C@@H]1[C@@H](C)n1cnnn1. The summed E-state index contributed by atoms with van der Waals surface area (Å²) in [5.74, 6) is -3.84. The average Bonchev–Trinajstić information content (AvgIpc) is 3.31. The standard InChI is InChI=1S/C18H18N8O6/c1-9(14-13(17(28)21-14)10(2)25-8-20-23-24-25)16(27)15(22-19)18(29)32-7-11-3-5-12(6-4-11)26(30)31/h3-6,8-10,13-14H,7H2,1-2H3,(H,21,28)/t9?,10-,13-,14-/m1/s1. The van der Waals surface area contributed by atoms with E-state index >= 15 is 0 Å². The van der Waals surface area contributed by atoms with E-state index in [1.165, 1.54) is 42.2 Å². The van der Waals surface area contributed by atoms with Crippen LogP contribution in [0.1, 0.15) is 25.5 Å². The van der Waals surface area contributed by atoms with Crippen LogP contribution < -0.4 is 5.32 Å². The van der Waals surface area contributed by atoms with E-state index in [-0.39, 0.29) is 18.2 Å². The number of tetrazole rings is 1. The summed E-state index contributed by atoms with van der Waals surface area (Å²) in [5.41, 5.74) is 8.71. The molecule has 0 aliphatic carbocycles. The summed E-state index contributed by atoms with van der Waals surface area (Å²) in [6.45, 7) is 2.90. The Balaban J connectivity index is 1.64. The lowest BCUT2D eigenvalue weighted by Gasteiger charge is -2.42. The number of nitro benzene ring substituents is 1. The number of nitrogens with one attached hydrogen (secondary N) is 1. The topological polar surface area (TPSA) is 196 Å². The fourth-order valence-corrected chi connectivity index (χ4v) is 3.39. The first-order chi connectivity index (χ1) is 15.2. The number of ketones is 1. The van der Waals surface area contributed by atoms with Gasteiger partial charge < -0.3 is 15.6 Å². The molecule has 1 aliphatic heterocycles. The molecule has 0 radical (unpaired) electrons. The maximum atomic E-state index is 12.8. The lowest BCUT2D eigenvalue weighted by Crippen LogP contribution is -2.65. The van der Waals surface area contributed by atoms with Gasteiger partial charge in [-0.1, -0.05) is 6.92 Å². The summed E-state index contributed by atoms with van der Waals surface area (Å²) in [5, 5.41) is 24.1. The predicted octanol–water partition coefficient (Wildman–Crippen LogP) is -0.124. The molecule has 2 aromatic rings. The van der Waals surface area contributed by atoms with Gasteiger partial charge in [0.1, 0.15) is 12.9 Å². The molecular weight excluding hydrogens is 424 g/mol. The molecule has 4 atom stereocenters. The summed E-state index contributed by atoms with van der Waals surface area (Å²) in [7, 11) is 0. The van der Waals surface area contributed by atoms with Gasteiger partial charge in [-0.2, -0.15) is 4.79 Å². The van der Waals surface area contributed by atoms with Gasteiger partial charge in [0.2, 0.25) is 5.91 Å². The molecule has 1 aromatic heterocycles. The molecule has 1 fully saturated rings. The van der Waals surface area contributed by atoms with E-state index in [0.29, 0.717) is 5.56 Å². The van der Waals surface area contributed by atoms with E-state index in [1.807, 2.05) is 0 Å². The number of nitrogens with zero attached hydrogens (tertiary/aromatic N) is 7. The Kier molecular flexibility index (Phi) is 6.45. The minimum atomic E-state index is -1.17. The number of esters is 1. The van der Waals surface area contributed by atoms with Gasteiger partial charge in [-0.3, -0.25) is 19.7 Å². The van der Waals surface area contributed by atoms with Gasteiger partial charge in [0, 0.05) is 18.1 Å². The lowest BCUT2D eigenvalue weighted by molar-refractivity contribution is -0.384. The summed E-state index contributed by atoms with van der Waals surface area (Å²) in [6.07, 6.45) is 1.34. The first-order valence-electron chi connectivity index (χ1n) is 9.44. The number of nitro groups is 1. The summed E-state index contributed by atoms with van der Waals surface area (Å²) in [4.78, 5) is 50.1. The fourth-order valence-electron chi connectivity index (χ4n) is 3.39. The highest BCUT2D eigenvalue weighted by Gasteiger charge is 2.51. The Morgan fingerprint density at radius 3 is 2.56 bits per heavy atom. The van der Waals surface area contributed by atoms with Gasteiger partial charge in [-0.25, -0.2) is 9.48 Å². The molecule has 1 aromatic carbocycles. The number of amides is 1. The summed E-state index contributed by atoms with van der Waals surface area (Å²) in [6, 6.07) is 4.16. The van der Waals surface area contributed by atoms with Gasteiger partial charge in [0.25, 0.3) is 11.5 Å². The van der Waals surface area contributed by atoms with Crippen LogP contribution in [-0.2, 0) is 25.7 Å². The third-order valence-corrected chi connectivity index (χ3v) is 5.30. The molecule has 32 heavy (non-hydrogen) atoms. The first kappa shape index (κ1) is 22.4. The van der Waals surface area contributed by atoms with Crippen molar-refractivity contribution in [1.82, 2.24) is 25.5 Å². The number of ether oxygens (including phenoxy) is 1. The number of β-lactam (4-membered cyclic amide) rings is 1. The number of hydrogen-bond acceptors (Lipinski definition) is 9. The van der Waals surface area contributed by atoms with Crippen molar-refractivity contribution in [2.45, 2.75) is 32.5 Å². The Morgan fingerprint density at radius 1 is 1.34 bits per heavy atom. The van der Waals surface area contributed by atoms with Crippen LogP contribution in [0.25, 0.3) is 5.53 Å². The molecule has 0 bridgehead atoms. The second kappa shape index (κ2) is 9.22. The van der Waals surface area contributed by atoms with Crippen LogP contribution in [0.15, 0.2) is 30.6 Å². The number of rotatable bonds is 9. The van der Waals surface area contributed by atoms with Crippen molar-refractivity contribution >= 4 is 29.1 Å². The smallest absolute Gasteiger partial charge is 0.441 e. The summed E-state index contributed by atoms with van der Waals surface area (Å²) < 4.78 is 6.38. The Labute approximate surface area is 180 Å². The highest BCUT2D eigenvalue weighted by molar-refractivity contribution is 6.62. The molecule has 2 heterocycles. The highest BCUT2D eigenvalue weighted by Crippen LogP contribution is 2.32. The summed E-state index contributed by atoms with van der Waals surface area (Å²) >= 11 is 0. The van der Waals surface area contributed by atoms with Crippen molar-refractivity contribution in [2.24, 2.45) is 11.8 Å². The number of benzene rings is 1. The van der Waals surface area contributed by atoms with Crippen LogP contribution in [0.4, 0.5) is 5.69 Å². The quantitative estimate of drug-likeness (QED) is 0.0804. The molecule has 1 amide bonds. The van der Waals surface area contributed by atoms with Crippen LogP contribution in [0.5, 0.6) is 0 Å². The number of aromatic nitrogens is 4.